The summed E-state index contributed by atoms with van der Waals surface area (Å²) in [5.74, 6) is -0.0145. The van der Waals surface area contributed by atoms with Gasteiger partial charge in [0.1, 0.15) is 10.1 Å². The molecule has 6 heteroatoms. The van der Waals surface area contributed by atoms with E-state index in [2.05, 4.69) is 31.9 Å². The molecular weight excluding hydrogens is 320 g/mol. The molecule has 106 valence electrons. The lowest BCUT2D eigenvalue weighted by atomic mass is 10.0. The summed E-state index contributed by atoms with van der Waals surface area (Å²) in [6.07, 6.45) is 1.65. The van der Waals surface area contributed by atoms with Gasteiger partial charge in [-0.2, -0.15) is 5.26 Å². The van der Waals surface area contributed by atoms with Crippen LogP contribution in [0.1, 0.15) is 24.2 Å². The van der Waals surface area contributed by atoms with Crippen molar-refractivity contribution in [2.75, 3.05) is 26.2 Å². The van der Waals surface area contributed by atoms with Crippen molar-refractivity contribution in [3.63, 3.8) is 0 Å². The summed E-state index contributed by atoms with van der Waals surface area (Å²) >= 11 is 3.31. The first kappa shape index (κ1) is 14.9. The molecule has 1 aromatic heterocycles. The zero-order valence-electron chi connectivity index (χ0n) is 11.6. The fourth-order valence-electron chi connectivity index (χ4n) is 2.26. The minimum atomic E-state index is -0.482. The highest BCUT2D eigenvalue weighted by Gasteiger charge is 2.31. The van der Waals surface area contributed by atoms with E-state index in [4.69, 9.17) is 5.26 Å². The number of carbonyl (C=O) groups is 1. The Bertz CT molecular complexity index is 544. The maximum absolute atomic E-state index is 12.4. The number of hydrogen-bond donors (Lipinski definition) is 0. The number of amides is 1. The molecule has 1 amide bonds. The van der Waals surface area contributed by atoms with Crippen LogP contribution in [-0.4, -0.2) is 52.4 Å². The molecule has 0 aromatic carbocycles. The Morgan fingerprint density at radius 2 is 2.05 bits per heavy atom. The Labute approximate surface area is 127 Å². The number of pyridine rings is 1. The van der Waals surface area contributed by atoms with Crippen LogP contribution in [0, 0.1) is 11.3 Å². The molecule has 1 aliphatic rings. The molecule has 1 fully saturated rings. The average Bonchev–Trinajstić information content (AvgIpc) is 2.47. The maximum Gasteiger partial charge on any atom is 0.256 e. The van der Waals surface area contributed by atoms with Crippen molar-refractivity contribution in [3.05, 3.63) is 28.5 Å². The molecule has 1 aliphatic heterocycles. The van der Waals surface area contributed by atoms with E-state index in [1.54, 1.807) is 18.3 Å². The minimum Gasteiger partial charge on any atom is -0.336 e. The quantitative estimate of drug-likeness (QED) is 0.774. The van der Waals surface area contributed by atoms with Gasteiger partial charge >= 0.3 is 0 Å². The van der Waals surface area contributed by atoms with Gasteiger partial charge in [-0.05, 0) is 41.9 Å². The van der Waals surface area contributed by atoms with Crippen LogP contribution in [0.25, 0.3) is 0 Å². The smallest absolute Gasteiger partial charge is 0.256 e. The molecule has 0 bridgehead atoms. The van der Waals surface area contributed by atoms with E-state index < -0.39 is 5.54 Å². The highest BCUT2D eigenvalue weighted by molar-refractivity contribution is 9.10. The van der Waals surface area contributed by atoms with Gasteiger partial charge in [0.2, 0.25) is 0 Å². The van der Waals surface area contributed by atoms with Gasteiger partial charge in [-0.3, -0.25) is 9.69 Å². The molecule has 0 spiro atoms. The molecule has 0 atom stereocenters. The van der Waals surface area contributed by atoms with Crippen LogP contribution in [0.4, 0.5) is 0 Å². The van der Waals surface area contributed by atoms with Gasteiger partial charge in [0.25, 0.3) is 5.91 Å². The molecule has 20 heavy (non-hydrogen) atoms. The van der Waals surface area contributed by atoms with Gasteiger partial charge in [0.15, 0.2) is 0 Å². The number of nitriles is 1. The number of rotatable bonds is 2. The third kappa shape index (κ3) is 3.00. The fraction of sp³-hybridized carbons (Fsp3) is 0.500. The van der Waals surface area contributed by atoms with E-state index in [9.17, 15) is 4.79 Å². The van der Waals surface area contributed by atoms with Gasteiger partial charge in [0.05, 0.1) is 11.6 Å². The molecule has 2 heterocycles. The molecule has 0 saturated carbocycles. The van der Waals surface area contributed by atoms with E-state index in [-0.39, 0.29) is 5.91 Å². The summed E-state index contributed by atoms with van der Waals surface area (Å²) < 4.78 is 0.574. The van der Waals surface area contributed by atoms with E-state index in [1.807, 2.05) is 18.7 Å². The van der Waals surface area contributed by atoms with Gasteiger partial charge in [-0.25, -0.2) is 4.98 Å². The zero-order chi connectivity index (χ0) is 14.8. The second-order valence-corrected chi connectivity index (χ2v) is 6.04. The highest BCUT2D eigenvalue weighted by Crippen LogP contribution is 2.19. The predicted octanol–water partition coefficient (Wildman–Crippen LogP) is 1.90. The number of piperazine rings is 1. The average molecular weight is 337 g/mol. The first-order valence-corrected chi connectivity index (χ1v) is 7.31. The molecule has 0 unspecified atom stereocenters. The lowest BCUT2D eigenvalue weighted by Crippen LogP contribution is -2.55. The van der Waals surface area contributed by atoms with E-state index in [1.165, 1.54) is 0 Å². The monoisotopic (exact) mass is 336 g/mol. The molecule has 0 radical (unpaired) electrons. The predicted molar refractivity (Wildman–Crippen MR) is 79.1 cm³/mol. The summed E-state index contributed by atoms with van der Waals surface area (Å²) in [6, 6.07) is 5.83. The van der Waals surface area contributed by atoms with Crippen LogP contribution in [0.5, 0.6) is 0 Å². The Morgan fingerprint density at radius 3 is 2.60 bits per heavy atom. The van der Waals surface area contributed by atoms with E-state index >= 15 is 0 Å². The largest absolute Gasteiger partial charge is 0.336 e. The SMILES string of the molecule is CC(C)(C#N)N1CCN(C(=O)c2cccnc2Br)CC1. The third-order valence-electron chi connectivity index (χ3n) is 3.62. The van der Waals surface area contributed by atoms with E-state index in [0.29, 0.717) is 36.3 Å². The van der Waals surface area contributed by atoms with Crippen LogP contribution in [0.2, 0.25) is 0 Å². The van der Waals surface area contributed by atoms with E-state index in [0.717, 1.165) is 0 Å². The molecule has 1 aromatic rings. The lowest BCUT2D eigenvalue weighted by molar-refractivity contribution is 0.0519. The summed E-state index contributed by atoms with van der Waals surface area (Å²) in [4.78, 5) is 20.4. The van der Waals surface area contributed by atoms with Crippen molar-refractivity contribution < 1.29 is 4.79 Å². The van der Waals surface area contributed by atoms with Crippen molar-refractivity contribution in [3.8, 4) is 6.07 Å². The Balaban J connectivity index is 2.03. The van der Waals surface area contributed by atoms with Gasteiger partial charge < -0.3 is 4.90 Å². The van der Waals surface area contributed by atoms with Crippen LogP contribution < -0.4 is 0 Å². The first-order chi connectivity index (χ1) is 9.45. The number of aromatic nitrogens is 1. The molecule has 5 nitrogen and oxygen atoms in total. The van der Waals surface area contributed by atoms with Crippen molar-refractivity contribution in [2.24, 2.45) is 0 Å². The molecule has 0 aliphatic carbocycles. The number of hydrogen-bond acceptors (Lipinski definition) is 4. The number of carbonyl (C=O) groups excluding carboxylic acids is 1. The molecular formula is C14H17BrN4O. The lowest BCUT2D eigenvalue weighted by Gasteiger charge is -2.40. The topological polar surface area (TPSA) is 60.2 Å². The molecule has 2 rings (SSSR count). The molecule has 0 N–H and O–H groups in total. The summed E-state index contributed by atoms with van der Waals surface area (Å²) in [5, 5.41) is 9.15. The summed E-state index contributed by atoms with van der Waals surface area (Å²) in [6.45, 7) is 6.50. The van der Waals surface area contributed by atoms with Crippen molar-refractivity contribution in [1.82, 2.24) is 14.8 Å². The van der Waals surface area contributed by atoms with Crippen molar-refractivity contribution in [2.45, 2.75) is 19.4 Å². The standard InChI is InChI=1S/C14H17BrN4O/c1-14(2,10-16)19-8-6-18(7-9-19)13(20)11-4-3-5-17-12(11)15/h3-5H,6-9H2,1-2H3. The number of nitrogens with zero attached hydrogens (tertiary/aromatic N) is 4. The Hall–Kier alpha value is -1.45. The minimum absolute atomic E-state index is 0.0145. The van der Waals surface area contributed by atoms with Gasteiger partial charge in [-0.15, -0.1) is 0 Å². The maximum atomic E-state index is 12.4. The van der Waals surface area contributed by atoms with Crippen LogP contribution >= 0.6 is 15.9 Å². The fourth-order valence-corrected chi connectivity index (χ4v) is 2.68. The second kappa shape index (κ2) is 5.90. The first-order valence-electron chi connectivity index (χ1n) is 6.52. The molecule has 1 saturated heterocycles. The van der Waals surface area contributed by atoms with Crippen LogP contribution in [0.3, 0.4) is 0 Å². The zero-order valence-corrected chi connectivity index (χ0v) is 13.2. The second-order valence-electron chi connectivity index (χ2n) is 5.29. The Kier molecular flexibility index (Phi) is 4.41. The number of halogens is 1. The van der Waals surface area contributed by atoms with Crippen molar-refractivity contribution in [1.29, 1.82) is 5.26 Å². The Morgan fingerprint density at radius 1 is 1.40 bits per heavy atom. The highest BCUT2D eigenvalue weighted by atomic mass is 79.9. The normalized spacial score (nSPS) is 16.8. The van der Waals surface area contributed by atoms with Crippen LogP contribution in [-0.2, 0) is 0 Å². The van der Waals surface area contributed by atoms with Crippen LogP contribution in [0.15, 0.2) is 22.9 Å². The van der Waals surface area contributed by atoms with Gasteiger partial charge in [0, 0.05) is 32.4 Å². The van der Waals surface area contributed by atoms with Crippen molar-refractivity contribution >= 4 is 21.8 Å². The summed E-state index contributed by atoms with van der Waals surface area (Å²) in [5.41, 5.74) is 0.102. The summed E-state index contributed by atoms with van der Waals surface area (Å²) in [7, 11) is 0. The third-order valence-corrected chi connectivity index (χ3v) is 4.25. The van der Waals surface area contributed by atoms with Gasteiger partial charge in [-0.1, -0.05) is 0 Å².